The van der Waals surface area contributed by atoms with Gasteiger partial charge in [-0.15, -0.1) is 0 Å². The molecule has 1 aromatic heterocycles. The number of carbonyl (C=O) groups excluding carboxylic acids is 1. The van der Waals surface area contributed by atoms with E-state index in [1.165, 1.54) is 12.1 Å². The average Bonchev–Trinajstić information content (AvgIpc) is 3.10. The van der Waals surface area contributed by atoms with Gasteiger partial charge < -0.3 is 5.32 Å². The number of carbonyl (C=O) groups is 1. The van der Waals surface area contributed by atoms with Crippen molar-refractivity contribution in [2.75, 3.05) is 5.32 Å². The third kappa shape index (κ3) is 3.89. The Morgan fingerprint density at radius 1 is 1.24 bits per heavy atom. The third-order valence-corrected chi connectivity index (χ3v) is 3.80. The molecule has 0 spiro atoms. The van der Waals surface area contributed by atoms with Crippen LogP contribution in [0.1, 0.15) is 21.5 Å². The lowest BCUT2D eigenvalue weighted by Gasteiger charge is -2.09. The van der Waals surface area contributed by atoms with Crippen molar-refractivity contribution in [1.82, 2.24) is 9.78 Å². The van der Waals surface area contributed by atoms with Crippen LogP contribution in [-0.4, -0.2) is 20.6 Å². The van der Waals surface area contributed by atoms with E-state index in [4.69, 9.17) is 0 Å². The maximum atomic E-state index is 12.4. The van der Waals surface area contributed by atoms with Gasteiger partial charge in [0, 0.05) is 30.1 Å². The highest BCUT2D eigenvalue weighted by Crippen LogP contribution is 2.22. The van der Waals surface area contributed by atoms with Gasteiger partial charge in [0.15, 0.2) is 0 Å². The Hall–Kier alpha value is -3.48. The Morgan fingerprint density at radius 2 is 2.00 bits per heavy atom. The lowest BCUT2D eigenvalue weighted by atomic mass is 10.1. The van der Waals surface area contributed by atoms with E-state index in [1.807, 2.05) is 24.4 Å². The predicted molar refractivity (Wildman–Crippen MR) is 93.6 cm³/mol. The normalized spacial score (nSPS) is 10.4. The lowest BCUT2D eigenvalue weighted by molar-refractivity contribution is -0.384. The molecule has 0 aliphatic rings. The number of aromatic nitrogens is 2. The molecule has 1 heterocycles. The van der Waals surface area contributed by atoms with Crippen LogP contribution in [0.2, 0.25) is 0 Å². The first kappa shape index (κ1) is 16.4. The number of non-ortho nitro benzene ring substituents is 1. The van der Waals surface area contributed by atoms with E-state index >= 15 is 0 Å². The molecule has 0 aliphatic carbocycles. The smallest absolute Gasteiger partial charge is 0.271 e. The Balaban J connectivity index is 1.73. The number of nitro groups is 1. The number of aryl methyl sites for hydroxylation is 1. The Morgan fingerprint density at radius 3 is 2.64 bits per heavy atom. The number of nitro benzene ring substituents is 1. The van der Waals surface area contributed by atoms with E-state index in [2.05, 4.69) is 10.4 Å². The molecular formula is C18H16N4O3. The highest BCUT2D eigenvalue weighted by atomic mass is 16.6. The Kier molecular flexibility index (Phi) is 4.56. The van der Waals surface area contributed by atoms with Crippen molar-refractivity contribution in [2.24, 2.45) is 0 Å². The van der Waals surface area contributed by atoms with Crippen LogP contribution >= 0.6 is 0 Å². The largest absolute Gasteiger partial charge is 0.321 e. The van der Waals surface area contributed by atoms with E-state index in [9.17, 15) is 14.9 Å². The molecule has 7 nitrogen and oxygen atoms in total. The second-order valence-electron chi connectivity index (χ2n) is 5.61. The maximum absolute atomic E-state index is 12.4. The summed E-state index contributed by atoms with van der Waals surface area (Å²) in [5, 5.41) is 17.7. The molecule has 7 heteroatoms. The summed E-state index contributed by atoms with van der Waals surface area (Å²) in [4.78, 5) is 22.8. The Labute approximate surface area is 144 Å². The number of anilines is 1. The summed E-state index contributed by atoms with van der Waals surface area (Å²) >= 11 is 0. The van der Waals surface area contributed by atoms with Crippen molar-refractivity contribution >= 4 is 17.3 Å². The SMILES string of the molecule is Cc1ccc([N+](=O)[O-])cc1NC(=O)c1ccc(Cn2cccn2)cc1. The Bertz CT molecular complexity index is 903. The molecule has 0 atom stereocenters. The summed E-state index contributed by atoms with van der Waals surface area (Å²) in [6.45, 7) is 2.41. The minimum Gasteiger partial charge on any atom is -0.321 e. The molecule has 1 N–H and O–H groups in total. The predicted octanol–water partition coefficient (Wildman–Crippen LogP) is 3.40. The van der Waals surface area contributed by atoms with Crippen LogP contribution < -0.4 is 5.32 Å². The second kappa shape index (κ2) is 6.96. The summed E-state index contributed by atoms with van der Waals surface area (Å²) in [5.74, 6) is -0.311. The third-order valence-electron chi connectivity index (χ3n) is 3.80. The van der Waals surface area contributed by atoms with Gasteiger partial charge in [-0.25, -0.2) is 0 Å². The number of nitrogens with zero attached hydrogens (tertiary/aromatic N) is 3. The quantitative estimate of drug-likeness (QED) is 0.571. The van der Waals surface area contributed by atoms with E-state index in [1.54, 1.807) is 36.0 Å². The lowest BCUT2D eigenvalue weighted by Crippen LogP contribution is -2.13. The molecule has 0 radical (unpaired) electrons. The standard InChI is InChI=1S/C18H16N4O3/c1-13-3-8-16(22(24)25)11-17(13)20-18(23)15-6-4-14(5-7-15)12-21-10-2-9-19-21/h2-11H,12H2,1H3,(H,20,23). The first-order valence-electron chi connectivity index (χ1n) is 7.66. The first-order chi connectivity index (χ1) is 12.0. The van der Waals surface area contributed by atoms with Crippen LogP contribution in [0.4, 0.5) is 11.4 Å². The number of hydrogen-bond acceptors (Lipinski definition) is 4. The summed E-state index contributed by atoms with van der Waals surface area (Å²) in [6, 6.07) is 13.4. The molecule has 0 unspecified atom stereocenters. The van der Waals surface area contributed by atoms with Gasteiger partial charge in [0.2, 0.25) is 0 Å². The topological polar surface area (TPSA) is 90.1 Å². The zero-order valence-corrected chi connectivity index (χ0v) is 13.5. The highest BCUT2D eigenvalue weighted by Gasteiger charge is 2.12. The van der Waals surface area contributed by atoms with Crippen molar-refractivity contribution < 1.29 is 9.72 Å². The van der Waals surface area contributed by atoms with E-state index in [0.717, 1.165) is 11.1 Å². The van der Waals surface area contributed by atoms with Gasteiger partial charge in [0.1, 0.15) is 0 Å². The van der Waals surface area contributed by atoms with Crippen LogP contribution in [0.3, 0.4) is 0 Å². The molecule has 1 amide bonds. The minimum absolute atomic E-state index is 0.0597. The summed E-state index contributed by atoms with van der Waals surface area (Å²) in [7, 11) is 0. The maximum Gasteiger partial charge on any atom is 0.271 e. The van der Waals surface area contributed by atoms with Crippen molar-refractivity contribution in [3.8, 4) is 0 Å². The number of rotatable bonds is 5. The summed E-state index contributed by atoms with van der Waals surface area (Å²) < 4.78 is 1.79. The molecule has 0 fully saturated rings. The van der Waals surface area contributed by atoms with E-state index < -0.39 is 4.92 Å². The first-order valence-corrected chi connectivity index (χ1v) is 7.66. The second-order valence-corrected chi connectivity index (χ2v) is 5.61. The van der Waals surface area contributed by atoms with Crippen molar-refractivity contribution in [2.45, 2.75) is 13.5 Å². The molecule has 0 saturated heterocycles. The van der Waals surface area contributed by atoms with E-state index in [0.29, 0.717) is 17.8 Å². The monoisotopic (exact) mass is 336 g/mol. The molecule has 2 aromatic carbocycles. The van der Waals surface area contributed by atoms with Crippen molar-refractivity contribution in [1.29, 1.82) is 0 Å². The highest BCUT2D eigenvalue weighted by molar-refractivity contribution is 6.04. The number of nitrogens with one attached hydrogen (secondary N) is 1. The van der Waals surface area contributed by atoms with Crippen LogP contribution in [0.15, 0.2) is 60.9 Å². The fourth-order valence-electron chi connectivity index (χ4n) is 2.40. The van der Waals surface area contributed by atoms with Crippen molar-refractivity contribution in [3.63, 3.8) is 0 Å². The molecule has 126 valence electrons. The van der Waals surface area contributed by atoms with E-state index in [-0.39, 0.29) is 11.6 Å². The van der Waals surface area contributed by atoms with Crippen LogP contribution in [-0.2, 0) is 6.54 Å². The summed E-state index contributed by atoms with van der Waals surface area (Å²) in [5.41, 5.74) is 2.63. The molecular weight excluding hydrogens is 320 g/mol. The fraction of sp³-hybridized carbons (Fsp3) is 0.111. The molecule has 0 bridgehead atoms. The van der Waals surface area contributed by atoms with Crippen LogP contribution in [0.25, 0.3) is 0 Å². The minimum atomic E-state index is -0.487. The fourth-order valence-corrected chi connectivity index (χ4v) is 2.40. The van der Waals surface area contributed by atoms with Gasteiger partial charge in [-0.3, -0.25) is 19.6 Å². The molecule has 3 rings (SSSR count). The molecule has 25 heavy (non-hydrogen) atoms. The van der Waals surface area contributed by atoms with Gasteiger partial charge >= 0.3 is 0 Å². The summed E-state index contributed by atoms with van der Waals surface area (Å²) in [6.07, 6.45) is 3.58. The van der Waals surface area contributed by atoms with Crippen molar-refractivity contribution in [3.05, 3.63) is 87.7 Å². The zero-order valence-electron chi connectivity index (χ0n) is 13.5. The molecule has 3 aromatic rings. The van der Waals surface area contributed by atoms with Gasteiger partial charge in [-0.1, -0.05) is 18.2 Å². The number of benzene rings is 2. The van der Waals surface area contributed by atoms with Gasteiger partial charge in [0.25, 0.3) is 11.6 Å². The van der Waals surface area contributed by atoms with Gasteiger partial charge in [-0.05, 0) is 36.2 Å². The zero-order chi connectivity index (χ0) is 17.8. The van der Waals surface area contributed by atoms with Crippen LogP contribution in [0.5, 0.6) is 0 Å². The van der Waals surface area contributed by atoms with Crippen LogP contribution in [0, 0.1) is 17.0 Å². The van der Waals surface area contributed by atoms with Gasteiger partial charge in [0.05, 0.1) is 17.2 Å². The number of amides is 1. The van der Waals surface area contributed by atoms with Gasteiger partial charge in [-0.2, -0.15) is 5.10 Å². The molecule has 0 aliphatic heterocycles. The number of hydrogen-bond donors (Lipinski definition) is 1. The average molecular weight is 336 g/mol. The molecule has 0 saturated carbocycles.